The van der Waals surface area contributed by atoms with E-state index in [1.54, 1.807) is 30.2 Å². The van der Waals surface area contributed by atoms with E-state index in [0.29, 0.717) is 17.0 Å². The maximum Gasteiger partial charge on any atom is 0.260 e. The molecular weight excluding hydrogens is 322 g/mol. The highest BCUT2D eigenvalue weighted by Crippen LogP contribution is 2.29. The van der Waals surface area contributed by atoms with E-state index in [1.165, 1.54) is 0 Å². The Labute approximate surface area is 144 Å². The smallest absolute Gasteiger partial charge is 0.260 e. The second-order valence-corrected chi connectivity index (χ2v) is 6.64. The maximum absolute atomic E-state index is 13.0. The summed E-state index contributed by atoms with van der Waals surface area (Å²) >= 11 is 1.56. The van der Waals surface area contributed by atoms with Crippen LogP contribution in [0.5, 0.6) is 0 Å². The number of amides is 1. The molecule has 0 bridgehead atoms. The molecule has 124 valence electrons. The lowest BCUT2D eigenvalue weighted by atomic mass is 10.0. The monoisotopic (exact) mass is 341 g/mol. The molecule has 2 heterocycles. The highest BCUT2D eigenvalue weighted by atomic mass is 32.1. The van der Waals surface area contributed by atoms with E-state index in [4.69, 9.17) is 4.52 Å². The number of carbonyl (C=O) groups is 1. The van der Waals surface area contributed by atoms with Gasteiger partial charge in [-0.25, -0.2) is 4.98 Å². The van der Waals surface area contributed by atoms with Crippen molar-refractivity contribution in [2.24, 2.45) is 0 Å². The average Bonchev–Trinajstić information content (AvgIpc) is 3.19. The molecule has 0 aliphatic rings. The quantitative estimate of drug-likeness (QED) is 0.712. The molecule has 0 fully saturated rings. The van der Waals surface area contributed by atoms with Gasteiger partial charge in [0.15, 0.2) is 0 Å². The van der Waals surface area contributed by atoms with Crippen LogP contribution in [0.15, 0.2) is 40.2 Å². The highest BCUT2D eigenvalue weighted by Gasteiger charge is 2.28. The lowest BCUT2D eigenvalue weighted by Gasteiger charge is -2.23. The van der Waals surface area contributed by atoms with Gasteiger partial charge in [0.25, 0.3) is 5.91 Å². The molecular formula is C18H19N3O2S. The Morgan fingerprint density at radius 3 is 2.58 bits per heavy atom. The van der Waals surface area contributed by atoms with E-state index < -0.39 is 0 Å². The second kappa shape index (κ2) is 6.57. The van der Waals surface area contributed by atoms with Crippen LogP contribution in [0.2, 0.25) is 0 Å². The van der Waals surface area contributed by atoms with Crippen molar-refractivity contribution < 1.29 is 9.32 Å². The second-order valence-electron chi connectivity index (χ2n) is 5.75. The first kappa shape index (κ1) is 16.4. The van der Waals surface area contributed by atoms with E-state index in [1.807, 2.05) is 49.6 Å². The number of thiazole rings is 1. The van der Waals surface area contributed by atoms with Gasteiger partial charge in [0.1, 0.15) is 22.0 Å². The third kappa shape index (κ3) is 2.97. The minimum absolute atomic E-state index is 0.117. The minimum Gasteiger partial charge on any atom is -0.360 e. The van der Waals surface area contributed by atoms with E-state index in [-0.39, 0.29) is 11.9 Å². The predicted octanol–water partition coefficient (Wildman–Crippen LogP) is 4.25. The van der Waals surface area contributed by atoms with Gasteiger partial charge >= 0.3 is 0 Å². The average molecular weight is 341 g/mol. The molecule has 3 rings (SSSR count). The molecule has 1 aromatic carbocycles. The van der Waals surface area contributed by atoms with E-state index in [2.05, 4.69) is 10.1 Å². The van der Waals surface area contributed by atoms with Crippen molar-refractivity contribution in [2.75, 3.05) is 7.05 Å². The van der Waals surface area contributed by atoms with Gasteiger partial charge in [-0.05, 0) is 20.8 Å². The van der Waals surface area contributed by atoms with Crippen molar-refractivity contribution in [3.05, 3.63) is 57.7 Å². The molecule has 6 heteroatoms. The molecule has 24 heavy (non-hydrogen) atoms. The van der Waals surface area contributed by atoms with Crippen LogP contribution in [0, 0.1) is 13.8 Å². The topological polar surface area (TPSA) is 59.2 Å². The lowest BCUT2D eigenvalue weighted by molar-refractivity contribution is 0.0741. The van der Waals surface area contributed by atoms with E-state index in [9.17, 15) is 4.79 Å². The molecule has 0 N–H and O–H groups in total. The minimum atomic E-state index is -0.118. The number of aryl methyl sites for hydroxylation is 2. The number of nitrogens with zero attached hydrogens (tertiary/aromatic N) is 3. The summed E-state index contributed by atoms with van der Waals surface area (Å²) in [6.45, 7) is 5.69. The Morgan fingerprint density at radius 1 is 1.25 bits per heavy atom. The van der Waals surface area contributed by atoms with Crippen LogP contribution in [-0.2, 0) is 0 Å². The van der Waals surface area contributed by atoms with Crippen molar-refractivity contribution in [3.63, 3.8) is 0 Å². The summed E-state index contributed by atoms with van der Waals surface area (Å²) < 4.78 is 5.30. The maximum atomic E-state index is 13.0. The van der Waals surface area contributed by atoms with E-state index >= 15 is 0 Å². The van der Waals surface area contributed by atoms with Crippen molar-refractivity contribution in [1.82, 2.24) is 15.0 Å². The molecule has 1 atom stereocenters. The SMILES string of the molecule is Cc1csc(C(C)N(C)C(=O)c2c(-c3ccccc3)noc2C)n1. The first-order valence-corrected chi connectivity index (χ1v) is 8.58. The van der Waals surface area contributed by atoms with Gasteiger partial charge in [0.05, 0.1) is 6.04 Å². The third-order valence-electron chi connectivity index (χ3n) is 4.02. The first-order chi connectivity index (χ1) is 11.5. The molecule has 0 aliphatic heterocycles. The van der Waals surface area contributed by atoms with Crippen molar-refractivity contribution in [1.29, 1.82) is 0 Å². The standard InChI is InChI=1S/C18H19N3O2S/c1-11-10-24-17(19-11)12(2)21(4)18(22)15-13(3)23-20-16(15)14-8-6-5-7-9-14/h5-10,12H,1-4H3. The molecule has 0 aliphatic carbocycles. The summed E-state index contributed by atoms with van der Waals surface area (Å²) in [6.07, 6.45) is 0. The van der Waals surface area contributed by atoms with Gasteiger partial charge in [-0.15, -0.1) is 11.3 Å². The largest absolute Gasteiger partial charge is 0.360 e. The van der Waals surface area contributed by atoms with Crippen molar-refractivity contribution in [3.8, 4) is 11.3 Å². The summed E-state index contributed by atoms with van der Waals surface area (Å²) in [5, 5.41) is 7.00. The Morgan fingerprint density at radius 2 is 1.96 bits per heavy atom. The van der Waals surface area contributed by atoms with Gasteiger partial charge in [0, 0.05) is 23.7 Å². The van der Waals surface area contributed by atoms with Crippen molar-refractivity contribution in [2.45, 2.75) is 26.8 Å². The van der Waals surface area contributed by atoms with Gasteiger partial charge in [-0.3, -0.25) is 4.79 Å². The Bertz CT molecular complexity index is 854. The fourth-order valence-electron chi connectivity index (χ4n) is 2.50. The zero-order valence-electron chi connectivity index (χ0n) is 14.1. The van der Waals surface area contributed by atoms with E-state index in [0.717, 1.165) is 16.3 Å². The molecule has 5 nitrogen and oxygen atoms in total. The van der Waals surface area contributed by atoms with Crippen LogP contribution < -0.4 is 0 Å². The Hall–Kier alpha value is -2.47. The van der Waals surface area contributed by atoms with Gasteiger partial charge in [-0.2, -0.15) is 0 Å². The number of benzene rings is 1. The fourth-order valence-corrected chi connectivity index (χ4v) is 3.39. The molecule has 1 unspecified atom stereocenters. The van der Waals surface area contributed by atoms with Crippen LogP contribution in [0.3, 0.4) is 0 Å². The van der Waals surface area contributed by atoms with Gasteiger partial charge < -0.3 is 9.42 Å². The molecule has 3 aromatic rings. The molecule has 1 amide bonds. The molecule has 2 aromatic heterocycles. The predicted molar refractivity (Wildman–Crippen MR) is 94.0 cm³/mol. The fraction of sp³-hybridized carbons (Fsp3) is 0.278. The molecule has 0 spiro atoms. The summed E-state index contributed by atoms with van der Waals surface area (Å²) in [5.41, 5.74) is 2.91. The number of rotatable bonds is 4. The number of hydrogen-bond acceptors (Lipinski definition) is 5. The van der Waals surface area contributed by atoms with Crippen LogP contribution >= 0.6 is 11.3 Å². The number of carbonyl (C=O) groups excluding carboxylic acids is 1. The summed E-state index contributed by atoms with van der Waals surface area (Å²) in [6, 6.07) is 9.48. The highest BCUT2D eigenvalue weighted by molar-refractivity contribution is 7.09. The Balaban J connectivity index is 1.94. The first-order valence-electron chi connectivity index (χ1n) is 7.70. The van der Waals surface area contributed by atoms with Crippen molar-refractivity contribution >= 4 is 17.2 Å². The summed E-state index contributed by atoms with van der Waals surface area (Å²) in [5.74, 6) is 0.404. The normalized spacial score (nSPS) is 12.2. The number of hydrogen-bond donors (Lipinski definition) is 0. The zero-order chi connectivity index (χ0) is 17.3. The number of aromatic nitrogens is 2. The van der Waals surface area contributed by atoms with Gasteiger partial charge in [0.2, 0.25) is 0 Å². The molecule has 0 saturated heterocycles. The lowest BCUT2D eigenvalue weighted by Crippen LogP contribution is -2.30. The summed E-state index contributed by atoms with van der Waals surface area (Å²) in [7, 11) is 1.78. The third-order valence-corrected chi connectivity index (χ3v) is 5.15. The van der Waals surface area contributed by atoms with Crippen LogP contribution in [0.25, 0.3) is 11.3 Å². The van der Waals surface area contributed by atoms with Crippen LogP contribution in [-0.4, -0.2) is 28.0 Å². The zero-order valence-corrected chi connectivity index (χ0v) is 14.9. The Kier molecular flexibility index (Phi) is 4.49. The summed E-state index contributed by atoms with van der Waals surface area (Å²) in [4.78, 5) is 19.2. The van der Waals surface area contributed by atoms with Crippen LogP contribution in [0.1, 0.15) is 39.8 Å². The van der Waals surface area contributed by atoms with Gasteiger partial charge in [-0.1, -0.05) is 35.5 Å². The van der Waals surface area contributed by atoms with Crippen LogP contribution in [0.4, 0.5) is 0 Å². The molecule has 0 radical (unpaired) electrons. The molecule has 0 saturated carbocycles.